The molecule has 3 rings (SSSR count). The molecule has 0 radical (unpaired) electrons. The van der Waals surface area contributed by atoms with Crippen molar-refractivity contribution in [3.05, 3.63) is 48.4 Å². The van der Waals surface area contributed by atoms with Crippen molar-refractivity contribution in [2.75, 3.05) is 45.3 Å². The van der Waals surface area contributed by atoms with Gasteiger partial charge in [0.05, 0.1) is 38.3 Å². The Morgan fingerprint density at radius 3 is 2.63 bits per heavy atom. The zero-order chi connectivity index (χ0) is 19.1. The largest absolute Gasteiger partial charge is 0.495 e. The molecule has 1 aromatic heterocycles. The molecule has 1 aliphatic rings. The molecule has 8 nitrogen and oxygen atoms in total. The lowest BCUT2D eigenvalue weighted by molar-refractivity contribution is -0.136. The Bertz CT molecular complexity index is 756. The summed E-state index contributed by atoms with van der Waals surface area (Å²) in [6.07, 6.45) is 1.60. The van der Waals surface area contributed by atoms with Crippen molar-refractivity contribution >= 4 is 17.5 Å². The van der Waals surface area contributed by atoms with Gasteiger partial charge in [0.15, 0.2) is 0 Å². The minimum absolute atomic E-state index is 0.160. The number of hydrogen-bond acceptors (Lipinski definition) is 6. The first-order valence-electron chi connectivity index (χ1n) is 8.76. The van der Waals surface area contributed by atoms with Gasteiger partial charge in [0.25, 0.3) is 0 Å². The number of hydrogen-bond donors (Lipinski definition) is 2. The Morgan fingerprint density at radius 2 is 1.93 bits per heavy atom. The van der Waals surface area contributed by atoms with Crippen molar-refractivity contribution in [2.45, 2.75) is 6.04 Å². The summed E-state index contributed by atoms with van der Waals surface area (Å²) in [6, 6.07) is 10.4. The molecule has 1 aromatic carbocycles. The third kappa shape index (κ3) is 4.87. The number of carbonyl (C=O) groups excluding carboxylic acids is 2. The van der Waals surface area contributed by atoms with E-state index in [0.29, 0.717) is 24.7 Å². The predicted molar refractivity (Wildman–Crippen MR) is 98.5 cm³/mol. The van der Waals surface area contributed by atoms with Gasteiger partial charge in [0.2, 0.25) is 0 Å². The zero-order valence-electron chi connectivity index (χ0n) is 15.1. The molecule has 0 aliphatic carbocycles. The van der Waals surface area contributed by atoms with Gasteiger partial charge in [-0.25, -0.2) is 0 Å². The van der Waals surface area contributed by atoms with Crippen molar-refractivity contribution in [2.24, 2.45) is 0 Å². The Hall–Kier alpha value is -2.84. The van der Waals surface area contributed by atoms with Gasteiger partial charge >= 0.3 is 11.8 Å². The van der Waals surface area contributed by atoms with Crippen molar-refractivity contribution < 1.29 is 23.5 Å². The number of morpholine rings is 1. The summed E-state index contributed by atoms with van der Waals surface area (Å²) in [7, 11) is 1.50. The van der Waals surface area contributed by atoms with Gasteiger partial charge in [0.1, 0.15) is 11.5 Å². The van der Waals surface area contributed by atoms with E-state index in [1.54, 1.807) is 36.6 Å². The van der Waals surface area contributed by atoms with Gasteiger partial charge in [-0.05, 0) is 24.3 Å². The standard InChI is InChI=1S/C19H23N3O5/c1-25-16-6-3-2-5-14(16)21-19(24)18(23)20-13-15(17-7-4-10-27-17)22-8-11-26-12-9-22/h2-7,10,15H,8-9,11-13H2,1H3,(H,20,23)(H,21,24). The highest BCUT2D eigenvalue weighted by molar-refractivity contribution is 6.39. The molecule has 2 heterocycles. The number of methoxy groups -OCH3 is 1. The monoisotopic (exact) mass is 373 g/mol. The Labute approximate surface area is 157 Å². The first-order valence-corrected chi connectivity index (χ1v) is 8.76. The van der Waals surface area contributed by atoms with Crippen molar-refractivity contribution in [3.8, 4) is 5.75 Å². The second-order valence-electron chi connectivity index (χ2n) is 6.04. The number of anilines is 1. The molecule has 2 amide bonds. The highest BCUT2D eigenvalue weighted by atomic mass is 16.5. The molecule has 2 N–H and O–H groups in total. The smallest absolute Gasteiger partial charge is 0.313 e. The van der Waals surface area contributed by atoms with Crippen LogP contribution in [0.25, 0.3) is 0 Å². The molecular formula is C19H23N3O5. The van der Waals surface area contributed by atoms with Crippen LogP contribution >= 0.6 is 0 Å². The highest BCUT2D eigenvalue weighted by Gasteiger charge is 2.26. The fourth-order valence-corrected chi connectivity index (χ4v) is 2.98. The lowest BCUT2D eigenvalue weighted by Gasteiger charge is -2.33. The summed E-state index contributed by atoms with van der Waals surface area (Å²) < 4.78 is 16.1. The molecule has 27 heavy (non-hydrogen) atoms. The summed E-state index contributed by atoms with van der Waals surface area (Å²) in [5.74, 6) is -0.242. The van der Waals surface area contributed by atoms with Crippen LogP contribution in [0.2, 0.25) is 0 Å². The lowest BCUT2D eigenvalue weighted by atomic mass is 10.1. The van der Waals surface area contributed by atoms with Crippen LogP contribution in [-0.2, 0) is 14.3 Å². The molecule has 2 aromatic rings. The van der Waals surface area contributed by atoms with Gasteiger partial charge in [-0.2, -0.15) is 0 Å². The lowest BCUT2D eigenvalue weighted by Crippen LogP contribution is -2.45. The van der Waals surface area contributed by atoms with E-state index >= 15 is 0 Å². The van der Waals surface area contributed by atoms with Crippen LogP contribution in [0.5, 0.6) is 5.75 Å². The maximum absolute atomic E-state index is 12.3. The van der Waals surface area contributed by atoms with E-state index in [1.807, 2.05) is 6.07 Å². The van der Waals surface area contributed by atoms with Crippen molar-refractivity contribution in [3.63, 3.8) is 0 Å². The van der Waals surface area contributed by atoms with Crippen molar-refractivity contribution in [1.82, 2.24) is 10.2 Å². The van der Waals surface area contributed by atoms with E-state index in [2.05, 4.69) is 15.5 Å². The molecule has 1 saturated heterocycles. The SMILES string of the molecule is COc1ccccc1NC(=O)C(=O)NCC(c1ccco1)N1CCOCC1. The Balaban J connectivity index is 1.60. The third-order valence-corrected chi connectivity index (χ3v) is 4.38. The molecule has 1 unspecified atom stereocenters. The number of carbonyl (C=O) groups is 2. The second-order valence-corrected chi connectivity index (χ2v) is 6.04. The summed E-state index contributed by atoms with van der Waals surface area (Å²) in [6.45, 7) is 2.97. The Kier molecular flexibility index (Phi) is 6.45. The van der Waals surface area contributed by atoms with Crippen LogP contribution in [0.15, 0.2) is 47.1 Å². The van der Waals surface area contributed by atoms with Crippen LogP contribution in [0.1, 0.15) is 11.8 Å². The maximum atomic E-state index is 12.3. The number of nitrogens with zero attached hydrogens (tertiary/aromatic N) is 1. The minimum atomic E-state index is -0.750. The van der Waals surface area contributed by atoms with Gasteiger partial charge in [-0.3, -0.25) is 14.5 Å². The van der Waals surface area contributed by atoms with E-state index in [1.165, 1.54) is 7.11 Å². The van der Waals surface area contributed by atoms with Crippen LogP contribution in [0.4, 0.5) is 5.69 Å². The van der Waals surface area contributed by atoms with E-state index < -0.39 is 11.8 Å². The van der Waals surface area contributed by atoms with Gasteiger partial charge in [-0.1, -0.05) is 12.1 Å². The number of ether oxygens (including phenoxy) is 2. The molecule has 0 spiro atoms. The molecule has 0 saturated carbocycles. The summed E-state index contributed by atoms with van der Waals surface area (Å²) in [4.78, 5) is 26.7. The zero-order valence-corrected chi connectivity index (χ0v) is 15.1. The predicted octanol–water partition coefficient (Wildman–Crippen LogP) is 1.42. The third-order valence-electron chi connectivity index (χ3n) is 4.38. The molecule has 1 aliphatic heterocycles. The van der Waals surface area contributed by atoms with Crippen molar-refractivity contribution in [1.29, 1.82) is 0 Å². The summed E-state index contributed by atoms with van der Waals surface area (Å²) in [5.41, 5.74) is 0.441. The highest BCUT2D eigenvalue weighted by Crippen LogP contribution is 2.23. The topological polar surface area (TPSA) is 93.0 Å². The van der Waals surface area contributed by atoms with Gasteiger partial charge < -0.3 is 24.5 Å². The first kappa shape index (κ1) is 18.9. The number of benzene rings is 1. The van der Waals surface area contributed by atoms with E-state index in [-0.39, 0.29) is 12.6 Å². The molecule has 1 fully saturated rings. The Morgan fingerprint density at radius 1 is 1.15 bits per heavy atom. The molecule has 1 atom stereocenters. The summed E-state index contributed by atoms with van der Waals surface area (Å²) in [5, 5.41) is 5.26. The quantitative estimate of drug-likeness (QED) is 0.744. The number of furan rings is 1. The fourth-order valence-electron chi connectivity index (χ4n) is 2.98. The number of nitrogens with one attached hydrogen (secondary N) is 2. The van der Waals surface area contributed by atoms with E-state index in [0.717, 1.165) is 18.8 Å². The minimum Gasteiger partial charge on any atom is -0.495 e. The van der Waals surface area contributed by atoms with E-state index in [4.69, 9.17) is 13.9 Å². The van der Waals surface area contributed by atoms with Crippen LogP contribution in [0, 0.1) is 0 Å². The molecule has 0 bridgehead atoms. The molecule has 144 valence electrons. The maximum Gasteiger partial charge on any atom is 0.313 e. The molecule has 8 heteroatoms. The second kappa shape index (κ2) is 9.20. The van der Waals surface area contributed by atoms with Gasteiger partial charge in [-0.15, -0.1) is 0 Å². The first-order chi connectivity index (χ1) is 13.2. The van der Waals surface area contributed by atoms with Crippen LogP contribution < -0.4 is 15.4 Å². The average Bonchev–Trinajstić information content (AvgIpc) is 3.23. The molecular weight excluding hydrogens is 350 g/mol. The normalized spacial score (nSPS) is 15.7. The fraction of sp³-hybridized carbons (Fsp3) is 0.368. The average molecular weight is 373 g/mol. The van der Waals surface area contributed by atoms with Crippen LogP contribution in [-0.4, -0.2) is 56.7 Å². The number of amides is 2. The van der Waals surface area contributed by atoms with Crippen LogP contribution in [0.3, 0.4) is 0 Å². The summed E-state index contributed by atoms with van der Waals surface area (Å²) >= 11 is 0. The van der Waals surface area contributed by atoms with Gasteiger partial charge in [0, 0.05) is 19.6 Å². The van der Waals surface area contributed by atoms with E-state index in [9.17, 15) is 9.59 Å². The number of rotatable bonds is 6. The number of para-hydroxylation sites is 2.